The maximum atomic E-state index is 11.5. The second kappa shape index (κ2) is 4.47. The fraction of sp³-hybridized carbons (Fsp3) is 0.636. The average Bonchev–Trinajstić information content (AvgIpc) is 2.50. The van der Waals surface area contributed by atoms with Crippen LogP contribution < -0.4 is 0 Å². The van der Waals surface area contributed by atoms with Crippen LogP contribution in [0.1, 0.15) is 39.5 Å². The number of rotatable bonds is 3. The van der Waals surface area contributed by atoms with Crippen molar-refractivity contribution in [2.24, 2.45) is 0 Å². The Bertz CT molecular complexity index is 298. The summed E-state index contributed by atoms with van der Waals surface area (Å²) in [7, 11) is 0. The lowest BCUT2D eigenvalue weighted by Crippen LogP contribution is -2.28. The van der Waals surface area contributed by atoms with Gasteiger partial charge >= 0.3 is 11.9 Å². The summed E-state index contributed by atoms with van der Waals surface area (Å²) in [6, 6.07) is 0. The average molecular weight is 212 g/mol. The number of hydrogen-bond acceptors (Lipinski definition) is 3. The monoisotopic (exact) mass is 212 g/mol. The number of carbonyl (C=O) groups is 2. The zero-order chi connectivity index (χ0) is 11.5. The minimum Gasteiger partial charge on any atom is -0.478 e. The van der Waals surface area contributed by atoms with Crippen LogP contribution in [-0.2, 0) is 14.3 Å². The Morgan fingerprint density at radius 2 is 1.87 bits per heavy atom. The van der Waals surface area contributed by atoms with Gasteiger partial charge in [-0.1, -0.05) is 0 Å². The molecule has 0 aromatic heterocycles. The molecule has 1 aliphatic carbocycles. The first-order valence-electron chi connectivity index (χ1n) is 5.07. The van der Waals surface area contributed by atoms with Crippen LogP contribution in [0.2, 0.25) is 0 Å². The molecule has 0 aliphatic heterocycles. The molecular weight excluding hydrogens is 196 g/mol. The molecule has 1 aliphatic rings. The van der Waals surface area contributed by atoms with Crippen LogP contribution in [0.3, 0.4) is 0 Å². The molecule has 0 aromatic carbocycles. The summed E-state index contributed by atoms with van der Waals surface area (Å²) in [5.74, 6) is -1.65. The minimum absolute atomic E-state index is 0.135. The SMILES string of the molecule is CC(=CC(=O)O)C(=O)OC1(C)CCCC1. The predicted molar refractivity (Wildman–Crippen MR) is 54.4 cm³/mol. The van der Waals surface area contributed by atoms with Crippen LogP contribution in [-0.4, -0.2) is 22.6 Å². The van der Waals surface area contributed by atoms with Crippen LogP contribution in [0, 0.1) is 0 Å². The molecular formula is C11H16O4. The van der Waals surface area contributed by atoms with Gasteiger partial charge in [0, 0.05) is 11.6 Å². The van der Waals surface area contributed by atoms with E-state index in [2.05, 4.69) is 0 Å². The Balaban J connectivity index is 2.58. The zero-order valence-corrected chi connectivity index (χ0v) is 9.08. The van der Waals surface area contributed by atoms with Crippen molar-refractivity contribution in [1.82, 2.24) is 0 Å². The van der Waals surface area contributed by atoms with Crippen molar-refractivity contribution in [1.29, 1.82) is 0 Å². The topological polar surface area (TPSA) is 63.6 Å². The first-order chi connectivity index (χ1) is 6.93. The van der Waals surface area contributed by atoms with Crippen molar-refractivity contribution < 1.29 is 19.4 Å². The molecule has 4 nitrogen and oxygen atoms in total. The highest BCUT2D eigenvalue weighted by Crippen LogP contribution is 2.33. The number of carbonyl (C=O) groups excluding carboxylic acids is 1. The molecule has 0 aromatic rings. The molecule has 0 heterocycles. The maximum Gasteiger partial charge on any atom is 0.334 e. The molecule has 1 saturated carbocycles. The van der Waals surface area contributed by atoms with Gasteiger partial charge in [0.05, 0.1) is 0 Å². The molecule has 84 valence electrons. The molecule has 0 spiro atoms. The van der Waals surface area contributed by atoms with Gasteiger partial charge in [-0.05, 0) is 39.5 Å². The standard InChI is InChI=1S/C11H16O4/c1-8(7-9(12)13)10(14)15-11(2)5-3-4-6-11/h7H,3-6H2,1-2H3,(H,12,13). The highest BCUT2D eigenvalue weighted by molar-refractivity contribution is 5.95. The summed E-state index contributed by atoms with van der Waals surface area (Å²) < 4.78 is 5.29. The highest BCUT2D eigenvalue weighted by Gasteiger charge is 2.32. The van der Waals surface area contributed by atoms with Crippen LogP contribution >= 0.6 is 0 Å². The predicted octanol–water partition coefficient (Wildman–Crippen LogP) is 1.89. The van der Waals surface area contributed by atoms with E-state index in [9.17, 15) is 9.59 Å². The number of aliphatic carboxylic acids is 1. The van der Waals surface area contributed by atoms with Gasteiger partial charge in [-0.25, -0.2) is 9.59 Å². The molecule has 1 fully saturated rings. The number of carboxylic acid groups (broad SMARTS) is 1. The van der Waals surface area contributed by atoms with E-state index < -0.39 is 17.5 Å². The molecule has 15 heavy (non-hydrogen) atoms. The first kappa shape index (κ1) is 11.8. The minimum atomic E-state index is -1.12. The molecule has 0 saturated heterocycles. The third-order valence-corrected chi connectivity index (χ3v) is 2.66. The third kappa shape index (κ3) is 3.38. The molecule has 0 bridgehead atoms. The first-order valence-corrected chi connectivity index (χ1v) is 5.07. The summed E-state index contributed by atoms with van der Waals surface area (Å²) in [4.78, 5) is 21.8. The molecule has 0 unspecified atom stereocenters. The molecule has 0 atom stereocenters. The van der Waals surface area contributed by atoms with E-state index in [0.29, 0.717) is 0 Å². The smallest absolute Gasteiger partial charge is 0.334 e. The van der Waals surface area contributed by atoms with Crippen molar-refractivity contribution >= 4 is 11.9 Å². The number of carboxylic acids is 1. The van der Waals surface area contributed by atoms with Gasteiger partial charge in [-0.2, -0.15) is 0 Å². The normalized spacial score (nSPS) is 20.0. The molecule has 4 heteroatoms. The highest BCUT2D eigenvalue weighted by atomic mass is 16.6. The number of ether oxygens (including phenoxy) is 1. The van der Waals surface area contributed by atoms with Gasteiger partial charge in [0.15, 0.2) is 0 Å². The van der Waals surface area contributed by atoms with Crippen molar-refractivity contribution in [3.8, 4) is 0 Å². The van der Waals surface area contributed by atoms with E-state index in [1.54, 1.807) is 0 Å². The quantitative estimate of drug-likeness (QED) is 0.573. The van der Waals surface area contributed by atoms with Crippen molar-refractivity contribution in [2.75, 3.05) is 0 Å². The van der Waals surface area contributed by atoms with E-state index in [0.717, 1.165) is 31.8 Å². The van der Waals surface area contributed by atoms with Gasteiger partial charge < -0.3 is 9.84 Å². The van der Waals surface area contributed by atoms with Crippen molar-refractivity contribution in [3.05, 3.63) is 11.6 Å². The number of esters is 1. The Morgan fingerprint density at radius 3 is 2.33 bits per heavy atom. The lowest BCUT2D eigenvalue weighted by Gasteiger charge is -2.24. The summed E-state index contributed by atoms with van der Waals surface area (Å²) in [5, 5.41) is 8.47. The van der Waals surface area contributed by atoms with Crippen LogP contribution in [0.25, 0.3) is 0 Å². The van der Waals surface area contributed by atoms with Gasteiger partial charge in [-0.15, -0.1) is 0 Å². The van der Waals surface area contributed by atoms with Crippen molar-refractivity contribution in [2.45, 2.75) is 45.1 Å². The zero-order valence-electron chi connectivity index (χ0n) is 9.08. The van der Waals surface area contributed by atoms with Crippen LogP contribution in [0.15, 0.2) is 11.6 Å². The van der Waals surface area contributed by atoms with Gasteiger partial charge in [-0.3, -0.25) is 0 Å². The summed E-state index contributed by atoms with van der Waals surface area (Å²) in [5.41, 5.74) is -0.263. The Kier molecular flexibility index (Phi) is 3.50. The van der Waals surface area contributed by atoms with E-state index >= 15 is 0 Å². The second-order valence-corrected chi connectivity index (χ2v) is 4.21. The molecule has 1 rings (SSSR count). The molecule has 0 radical (unpaired) electrons. The largest absolute Gasteiger partial charge is 0.478 e. The second-order valence-electron chi connectivity index (χ2n) is 4.21. The van der Waals surface area contributed by atoms with Crippen LogP contribution in [0.4, 0.5) is 0 Å². The lowest BCUT2D eigenvalue weighted by molar-refractivity contribution is -0.152. The third-order valence-electron chi connectivity index (χ3n) is 2.66. The van der Waals surface area contributed by atoms with Crippen molar-refractivity contribution in [3.63, 3.8) is 0 Å². The van der Waals surface area contributed by atoms with E-state index in [-0.39, 0.29) is 5.57 Å². The Hall–Kier alpha value is -1.32. The summed E-state index contributed by atoms with van der Waals surface area (Å²) in [6.07, 6.45) is 4.72. The van der Waals surface area contributed by atoms with Gasteiger partial charge in [0.1, 0.15) is 5.60 Å². The van der Waals surface area contributed by atoms with Gasteiger partial charge in [0.2, 0.25) is 0 Å². The summed E-state index contributed by atoms with van der Waals surface area (Å²) in [6.45, 7) is 3.35. The Labute approximate surface area is 88.9 Å². The Morgan fingerprint density at radius 1 is 1.33 bits per heavy atom. The van der Waals surface area contributed by atoms with E-state index in [1.807, 2.05) is 6.92 Å². The van der Waals surface area contributed by atoms with Crippen LogP contribution in [0.5, 0.6) is 0 Å². The van der Waals surface area contributed by atoms with E-state index in [4.69, 9.17) is 9.84 Å². The maximum absolute atomic E-state index is 11.5. The fourth-order valence-electron chi connectivity index (χ4n) is 1.77. The summed E-state index contributed by atoms with van der Waals surface area (Å²) >= 11 is 0. The van der Waals surface area contributed by atoms with Gasteiger partial charge in [0.25, 0.3) is 0 Å². The number of hydrogen-bond donors (Lipinski definition) is 1. The molecule has 0 amide bonds. The molecule has 1 N–H and O–H groups in total. The fourth-order valence-corrected chi connectivity index (χ4v) is 1.77. The van der Waals surface area contributed by atoms with E-state index in [1.165, 1.54) is 6.92 Å². The lowest BCUT2D eigenvalue weighted by atomic mass is 10.1.